The summed E-state index contributed by atoms with van der Waals surface area (Å²) in [7, 11) is 3.19. The third kappa shape index (κ3) is 3.65. The van der Waals surface area contributed by atoms with Crippen LogP contribution in [-0.4, -0.2) is 30.9 Å². The molecule has 0 spiro atoms. The van der Waals surface area contributed by atoms with Crippen LogP contribution in [0.4, 0.5) is 6.01 Å². The van der Waals surface area contributed by atoms with E-state index < -0.39 is 0 Å². The van der Waals surface area contributed by atoms with E-state index in [1.165, 1.54) is 5.56 Å². The summed E-state index contributed by atoms with van der Waals surface area (Å²) in [5.74, 6) is 1.78. The number of hydrogen-bond donors (Lipinski definition) is 1. The Bertz CT molecular complexity index is 787. The van der Waals surface area contributed by atoms with E-state index in [0.717, 1.165) is 18.5 Å². The fourth-order valence-electron chi connectivity index (χ4n) is 2.35. The number of aromatic nitrogens is 2. The third-order valence-corrected chi connectivity index (χ3v) is 3.60. The van der Waals surface area contributed by atoms with E-state index in [9.17, 15) is 0 Å². The van der Waals surface area contributed by atoms with Crippen LogP contribution < -0.4 is 14.8 Å². The lowest BCUT2D eigenvalue weighted by Gasteiger charge is -2.07. The lowest BCUT2D eigenvalue weighted by molar-refractivity contribution is 0.355. The zero-order valence-electron chi connectivity index (χ0n) is 13.7. The molecule has 0 aliphatic carbocycles. The number of benzene rings is 2. The lowest BCUT2D eigenvalue weighted by Crippen LogP contribution is -2.04. The van der Waals surface area contributed by atoms with Crippen molar-refractivity contribution in [1.29, 1.82) is 0 Å². The topological polar surface area (TPSA) is 69.4 Å². The van der Waals surface area contributed by atoms with Crippen LogP contribution in [0.3, 0.4) is 0 Å². The van der Waals surface area contributed by atoms with Gasteiger partial charge >= 0.3 is 6.01 Å². The first-order valence-corrected chi connectivity index (χ1v) is 7.64. The zero-order valence-corrected chi connectivity index (χ0v) is 13.7. The summed E-state index contributed by atoms with van der Waals surface area (Å²) in [4.78, 5) is 4.36. The summed E-state index contributed by atoms with van der Waals surface area (Å²) in [6, 6.07) is 16.1. The predicted octanol–water partition coefficient (Wildman–Crippen LogP) is 3.41. The van der Waals surface area contributed by atoms with Crippen molar-refractivity contribution in [3.05, 3.63) is 54.1 Å². The molecule has 0 fully saturated rings. The summed E-state index contributed by atoms with van der Waals surface area (Å²) < 4.78 is 15.8. The number of anilines is 1. The first-order chi connectivity index (χ1) is 11.8. The van der Waals surface area contributed by atoms with Gasteiger partial charge in [-0.3, -0.25) is 0 Å². The average molecular weight is 325 g/mol. The molecule has 6 nitrogen and oxygen atoms in total. The lowest BCUT2D eigenvalue weighted by atomic mass is 10.1. The van der Waals surface area contributed by atoms with E-state index in [-0.39, 0.29) is 0 Å². The minimum atomic E-state index is 0.399. The van der Waals surface area contributed by atoms with Crippen LogP contribution in [0.5, 0.6) is 11.5 Å². The largest absolute Gasteiger partial charge is 0.493 e. The molecule has 0 unspecified atom stereocenters. The molecule has 0 bridgehead atoms. The normalized spacial score (nSPS) is 10.4. The van der Waals surface area contributed by atoms with Gasteiger partial charge in [-0.1, -0.05) is 35.5 Å². The van der Waals surface area contributed by atoms with Crippen LogP contribution in [0.15, 0.2) is 53.1 Å². The number of nitrogens with zero attached hydrogens (tertiary/aromatic N) is 2. The van der Waals surface area contributed by atoms with Crippen LogP contribution in [0.25, 0.3) is 11.4 Å². The molecule has 0 saturated heterocycles. The highest BCUT2D eigenvalue weighted by Crippen LogP contribution is 2.31. The fourth-order valence-corrected chi connectivity index (χ4v) is 2.35. The second-order valence-electron chi connectivity index (χ2n) is 5.16. The molecule has 0 aliphatic heterocycles. The van der Waals surface area contributed by atoms with Gasteiger partial charge in [0.15, 0.2) is 11.5 Å². The van der Waals surface area contributed by atoms with E-state index in [0.29, 0.717) is 23.3 Å². The first kappa shape index (κ1) is 15.9. The van der Waals surface area contributed by atoms with E-state index in [1.807, 2.05) is 36.4 Å². The van der Waals surface area contributed by atoms with Gasteiger partial charge in [-0.2, -0.15) is 4.98 Å². The van der Waals surface area contributed by atoms with Crippen LogP contribution in [0.2, 0.25) is 0 Å². The van der Waals surface area contributed by atoms with Crippen molar-refractivity contribution in [2.75, 3.05) is 26.1 Å². The quantitative estimate of drug-likeness (QED) is 0.718. The predicted molar refractivity (Wildman–Crippen MR) is 91.5 cm³/mol. The van der Waals surface area contributed by atoms with E-state index in [2.05, 4.69) is 27.6 Å². The fraction of sp³-hybridized carbons (Fsp3) is 0.222. The highest BCUT2D eigenvalue weighted by molar-refractivity contribution is 5.61. The molecular formula is C18H19N3O3. The van der Waals surface area contributed by atoms with E-state index in [4.69, 9.17) is 14.0 Å². The van der Waals surface area contributed by atoms with Gasteiger partial charge < -0.3 is 19.3 Å². The van der Waals surface area contributed by atoms with Crippen molar-refractivity contribution in [2.45, 2.75) is 6.42 Å². The number of rotatable bonds is 7. The summed E-state index contributed by atoms with van der Waals surface area (Å²) >= 11 is 0. The Balaban J connectivity index is 1.65. The highest BCUT2D eigenvalue weighted by Gasteiger charge is 2.11. The number of hydrogen-bond acceptors (Lipinski definition) is 6. The smallest absolute Gasteiger partial charge is 0.321 e. The minimum absolute atomic E-state index is 0.399. The number of methoxy groups -OCH3 is 2. The zero-order chi connectivity index (χ0) is 16.8. The molecule has 124 valence electrons. The third-order valence-electron chi connectivity index (χ3n) is 3.60. The Morgan fingerprint density at radius 1 is 1.00 bits per heavy atom. The molecule has 24 heavy (non-hydrogen) atoms. The van der Waals surface area contributed by atoms with Crippen molar-refractivity contribution >= 4 is 6.01 Å². The molecule has 1 heterocycles. The second-order valence-corrected chi connectivity index (χ2v) is 5.16. The molecule has 0 amide bonds. The summed E-state index contributed by atoms with van der Waals surface area (Å²) in [5.41, 5.74) is 2.05. The number of ether oxygens (including phenoxy) is 2. The Morgan fingerprint density at radius 2 is 1.79 bits per heavy atom. The van der Waals surface area contributed by atoms with Crippen LogP contribution >= 0.6 is 0 Å². The molecule has 1 aromatic heterocycles. The molecular weight excluding hydrogens is 306 g/mol. The monoisotopic (exact) mass is 325 g/mol. The van der Waals surface area contributed by atoms with Crippen molar-refractivity contribution in [3.63, 3.8) is 0 Å². The molecule has 6 heteroatoms. The van der Waals surface area contributed by atoms with Gasteiger partial charge in [0.25, 0.3) is 0 Å². The Labute approximate surface area is 140 Å². The van der Waals surface area contributed by atoms with Crippen LogP contribution in [0, 0.1) is 0 Å². The summed E-state index contributed by atoms with van der Waals surface area (Å²) in [5, 5.41) is 7.14. The maximum atomic E-state index is 5.29. The maximum Gasteiger partial charge on any atom is 0.321 e. The van der Waals surface area contributed by atoms with Crippen molar-refractivity contribution in [1.82, 2.24) is 10.1 Å². The molecule has 0 atom stereocenters. The Kier molecular flexibility index (Phi) is 4.96. The highest BCUT2D eigenvalue weighted by atomic mass is 16.5. The first-order valence-electron chi connectivity index (χ1n) is 7.64. The molecule has 2 aromatic carbocycles. The Morgan fingerprint density at radius 3 is 2.54 bits per heavy atom. The van der Waals surface area contributed by atoms with Gasteiger partial charge in [-0.05, 0) is 30.2 Å². The molecule has 0 radical (unpaired) electrons. The standard InChI is InChI=1S/C18H19N3O3/c1-22-15-9-8-14(12-16(15)23-2)17-20-18(24-21-17)19-11-10-13-6-4-3-5-7-13/h3-9,12H,10-11H2,1-2H3,(H,19,20,21). The van der Waals surface area contributed by atoms with Gasteiger partial charge in [0.1, 0.15) is 0 Å². The SMILES string of the molecule is COc1ccc(-c2noc(NCCc3ccccc3)n2)cc1OC. The molecule has 3 aromatic rings. The average Bonchev–Trinajstić information content (AvgIpc) is 3.11. The molecule has 0 saturated carbocycles. The van der Waals surface area contributed by atoms with E-state index >= 15 is 0 Å². The molecule has 1 N–H and O–H groups in total. The van der Waals surface area contributed by atoms with Crippen LogP contribution in [0.1, 0.15) is 5.56 Å². The van der Waals surface area contributed by atoms with Crippen molar-refractivity contribution in [2.24, 2.45) is 0 Å². The Hall–Kier alpha value is -3.02. The van der Waals surface area contributed by atoms with Gasteiger partial charge in [0.05, 0.1) is 14.2 Å². The van der Waals surface area contributed by atoms with Gasteiger partial charge in [-0.15, -0.1) is 0 Å². The van der Waals surface area contributed by atoms with Crippen LogP contribution in [-0.2, 0) is 6.42 Å². The maximum absolute atomic E-state index is 5.29. The number of nitrogens with one attached hydrogen (secondary N) is 1. The van der Waals surface area contributed by atoms with Crippen molar-refractivity contribution < 1.29 is 14.0 Å². The second kappa shape index (κ2) is 7.50. The van der Waals surface area contributed by atoms with Gasteiger partial charge in [-0.25, -0.2) is 0 Å². The molecule has 0 aliphatic rings. The summed E-state index contributed by atoms with van der Waals surface area (Å²) in [6.07, 6.45) is 0.884. The van der Waals surface area contributed by atoms with Crippen molar-refractivity contribution in [3.8, 4) is 22.9 Å². The summed E-state index contributed by atoms with van der Waals surface area (Å²) in [6.45, 7) is 0.720. The molecule has 3 rings (SSSR count). The van der Waals surface area contributed by atoms with Gasteiger partial charge in [0, 0.05) is 12.1 Å². The van der Waals surface area contributed by atoms with E-state index in [1.54, 1.807) is 14.2 Å². The minimum Gasteiger partial charge on any atom is -0.493 e. The van der Waals surface area contributed by atoms with Gasteiger partial charge in [0.2, 0.25) is 5.82 Å².